The molecule has 0 heterocycles. The van der Waals surface area contributed by atoms with Gasteiger partial charge >= 0.3 is 5.97 Å². The Morgan fingerprint density at radius 1 is 1.70 bits per heavy atom. The number of rotatable bonds is 4. The van der Waals surface area contributed by atoms with Gasteiger partial charge in [0.15, 0.2) is 0 Å². The van der Waals surface area contributed by atoms with Gasteiger partial charge in [0, 0.05) is 0 Å². The summed E-state index contributed by atoms with van der Waals surface area (Å²) in [6.45, 7) is 7.45. The lowest BCUT2D eigenvalue weighted by Gasteiger charge is -2.08. The molecule has 0 amide bonds. The van der Waals surface area contributed by atoms with Crippen LogP contribution < -0.4 is 0 Å². The van der Waals surface area contributed by atoms with Gasteiger partial charge in [0.2, 0.25) is 0 Å². The monoisotopic (exact) mass is 142 g/mol. The summed E-state index contributed by atoms with van der Waals surface area (Å²) < 4.78 is 0. The first-order chi connectivity index (χ1) is 4.57. The zero-order valence-electron chi connectivity index (χ0n) is 6.50. The van der Waals surface area contributed by atoms with Crippen LogP contribution in [-0.2, 0) is 4.79 Å². The Kier molecular flexibility index (Phi) is 3.77. The molecule has 0 fully saturated rings. The summed E-state index contributed by atoms with van der Waals surface area (Å²) in [6, 6.07) is 0. The van der Waals surface area contributed by atoms with Crippen molar-refractivity contribution >= 4 is 5.97 Å². The van der Waals surface area contributed by atoms with Gasteiger partial charge in [-0.2, -0.15) is 0 Å². The van der Waals surface area contributed by atoms with Crippen molar-refractivity contribution in [1.82, 2.24) is 0 Å². The highest BCUT2D eigenvalue weighted by Gasteiger charge is 2.13. The summed E-state index contributed by atoms with van der Waals surface area (Å²) in [6.07, 6.45) is 2.17. The van der Waals surface area contributed by atoms with Crippen LogP contribution in [0.25, 0.3) is 0 Å². The first-order valence-corrected chi connectivity index (χ1v) is 3.43. The zero-order chi connectivity index (χ0) is 8.15. The van der Waals surface area contributed by atoms with Gasteiger partial charge in [0.1, 0.15) is 0 Å². The van der Waals surface area contributed by atoms with Crippen molar-refractivity contribution in [2.45, 2.75) is 20.3 Å². The molecule has 0 radical (unpaired) electrons. The molecule has 2 nitrogen and oxygen atoms in total. The summed E-state index contributed by atoms with van der Waals surface area (Å²) in [7, 11) is 0. The van der Waals surface area contributed by atoms with Gasteiger partial charge in [-0.05, 0) is 12.3 Å². The summed E-state index contributed by atoms with van der Waals surface area (Å²) in [5.41, 5.74) is 0. The summed E-state index contributed by atoms with van der Waals surface area (Å²) in [5.74, 6) is -0.734. The van der Waals surface area contributed by atoms with E-state index in [1.807, 2.05) is 13.8 Å². The highest BCUT2D eigenvalue weighted by Crippen LogP contribution is 2.12. The Morgan fingerprint density at radius 3 is 2.30 bits per heavy atom. The molecular formula is C8H14O2. The van der Waals surface area contributed by atoms with E-state index in [1.165, 1.54) is 6.08 Å². The van der Waals surface area contributed by atoms with Crippen LogP contribution in [0.3, 0.4) is 0 Å². The van der Waals surface area contributed by atoms with Gasteiger partial charge in [0.05, 0.1) is 5.92 Å². The second-order valence-corrected chi connectivity index (χ2v) is 2.81. The molecule has 0 bridgehead atoms. The van der Waals surface area contributed by atoms with E-state index in [2.05, 4.69) is 6.58 Å². The fourth-order valence-electron chi connectivity index (χ4n) is 0.806. The topological polar surface area (TPSA) is 37.3 Å². The van der Waals surface area contributed by atoms with Crippen LogP contribution in [0.1, 0.15) is 20.3 Å². The van der Waals surface area contributed by atoms with Crippen LogP contribution >= 0.6 is 0 Å². The Hall–Kier alpha value is -0.790. The minimum absolute atomic E-state index is 0.375. The van der Waals surface area contributed by atoms with Crippen molar-refractivity contribution < 1.29 is 9.90 Å². The van der Waals surface area contributed by atoms with Gasteiger partial charge in [0.25, 0.3) is 0 Å². The quantitative estimate of drug-likeness (QED) is 0.609. The Bertz CT molecular complexity index is 127. The van der Waals surface area contributed by atoms with E-state index in [0.717, 1.165) is 0 Å². The van der Waals surface area contributed by atoms with Crippen LogP contribution in [0, 0.1) is 11.8 Å². The van der Waals surface area contributed by atoms with E-state index in [-0.39, 0.29) is 5.92 Å². The summed E-state index contributed by atoms with van der Waals surface area (Å²) in [5, 5.41) is 8.55. The average molecular weight is 142 g/mol. The molecule has 0 aliphatic heterocycles. The highest BCUT2D eigenvalue weighted by atomic mass is 16.4. The maximum Gasteiger partial charge on any atom is 0.310 e. The van der Waals surface area contributed by atoms with E-state index >= 15 is 0 Å². The number of aliphatic carboxylic acids is 1. The molecule has 1 N–H and O–H groups in total. The zero-order valence-corrected chi connectivity index (χ0v) is 6.50. The van der Waals surface area contributed by atoms with Gasteiger partial charge in [-0.25, -0.2) is 0 Å². The molecule has 0 aromatic carbocycles. The van der Waals surface area contributed by atoms with Crippen molar-refractivity contribution in [3.63, 3.8) is 0 Å². The molecular weight excluding hydrogens is 128 g/mol. The second-order valence-electron chi connectivity index (χ2n) is 2.81. The Morgan fingerprint density at radius 2 is 2.20 bits per heavy atom. The van der Waals surface area contributed by atoms with Crippen LogP contribution in [0.4, 0.5) is 0 Å². The Labute approximate surface area is 61.6 Å². The highest BCUT2D eigenvalue weighted by molar-refractivity contribution is 5.71. The second kappa shape index (κ2) is 4.09. The SMILES string of the molecule is C=CC(CC(C)C)C(=O)O. The van der Waals surface area contributed by atoms with Crippen molar-refractivity contribution in [3.05, 3.63) is 12.7 Å². The third-order valence-electron chi connectivity index (χ3n) is 1.33. The number of carboxylic acids is 1. The fraction of sp³-hybridized carbons (Fsp3) is 0.625. The first kappa shape index (κ1) is 9.21. The maximum absolute atomic E-state index is 10.4. The number of carbonyl (C=O) groups is 1. The van der Waals surface area contributed by atoms with Crippen LogP contribution in [0.2, 0.25) is 0 Å². The average Bonchev–Trinajstić information content (AvgIpc) is 1.81. The molecule has 0 aliphatic carbocycles. The third kappa shape index (κ3) is 3.28. The molecule has 0 aromatic rings. The standard InChI is InChI=1S/C8H14O2/c1-4-7(8(9)10)5-6(2)3/h4,6-7H,1,5H2,2-3H3,(H,9,10). The lowest BCUT2D eigenvalue weighted by Crippen LogP contribution is -2.12. The largest absolute Gasteiger partial charge is 0.481 e. The van der Waals surface area contributed by atoms with E-state index in [9.17, 15) is 4.79 Å². The molecule has 0 aromatic heterocycles. The van der Waals surface area contributed by atoms with Gasteiger partial charge < -0.3 is 5.11 Å². The molecule has 10 heavy (non-hydrogen) atoms. The molecule has 0 rings (SSSR count). The van der Waals surface area contributed by atoms with E-state index in [1.54, 1.807) is 0 Å². The maximum atomic E-state index is 10.4. The summed E-state index contributed by atoms with van der Waals surface area (Å²) >= 11 is 0. The van der Waals surface area contributed by atoms with Crippen LogP contribution in [-0.4, -0.2) is 11.1 Å². The molecule has 0 saturated carbocycles. The predicted molar refractivity (Wildman–Crippen MR) is 40.8 cm³/mol. The molecule has 1 unspecified atom stereocenters. The molecule has 2 heteroatoms. The van der Waals surface area contributed by atoms with E-state index in [4.69, 9.17) is 5.11 Å². The molecule has 0 aliphatic rings. The summed E-state index contributed by atoms with van der Waals surface area (Å²) in [4.78, 5) is 10.4. The predicted octanol–water partition coefficient (Wildman–Crippen LogP) is 1.92. The third-order valence-corrected chi connectivity index (χ3v) is 1.33. The molecule has 58 valence electrons. The normalized spacial score (nSPS) is 13.1. The van der Waals surface area contributed by atoms with Crippen molar-refractivity contribution in [3.8, 4) is 0 Å². The molecule has 0 saturated heterocycles. The van der Waals surface area contributed by atoms with Gasteiger partial charge in [-0.3, -0.25) is 4.79 Å². The van der Waals surface area contributed by atoms with Crippen molar-refractivity contribution in [1.29, 1.82) is 0 Å². The van der Waals surface area contributed by atoms with Crippen LogP contribution in [0.15, 0.2) is 12.7 Å². The minimum Gasteiger partial charge on any atom is -0.481 e. The van der Waals surface area contributed by atoms with E-state index < -0.39 is 5.97 Å². The first-order valence-electron chi connectivity index (χ1n) is 3.43. The number of carboxylic acid groups (broad SMARTS) is 1. The van der Waals surface area contributed by atoms with Crippen molar-refractivity contribution in [2.24, 2.45) is 11.8 Å². The number of hydrogen-bond donors (Lipinski definition) is 1. The van der Waals surface area contributed by atoms with Gasteiger partial charge in [-0.1, -0.05) is 19.9 Å². The van der Waals surface area contributed by atoms with Crippen LogP contribution in [0.5, 0.6) is 0 Å². The Balaban J connectivity index is 3.83. The van der Waals surface area contributed by atoms with Crippen molar-refractivity contribution in [2.75, 3.05) is 0 Å². The lowest BCUT2D eigenvalue weighted by atomic mass is 9.98. The fourth-order valence-corrected chi connectivity index (χ4v) is 0.806. The number of hydrogen-bond acceptors (Lipinski definition) is 1. The van der Waals surface area contributed by atoms with Gasteiger partial charge in [-0.15, -0.1) is 6.58 Å². The molecule has 1 atom stereocenters. The molecule has 0 spiro atoms. The van der Waals surface area contributed by atoms with E-state index in [0.29, 0.717) is 12.3 Å². The lowest BCUT2D eigenvalue weighted by molar-refractivity contribution is -0.140. The smallest absolute Gasteiger partial charge is 0.310 e. The minimum atomic E-state index is -0.774.